The molecule has 4 nitrogen and oxygen atoms in total. The van der Waals surface area contributed by atoms with Crippen molar-refractivity contribution in [3.05, 3.63) is 35.4 Å². The Kier molecular flexibility index (Phi) is 6.63. The van der Waals surface area contributed by atoms with Gasteiger partial charge in [-0.2, -0.15) is 5.10 Å². The number of carboxylic acids is 1. The van der Waals surface area contributed by atoms with Crippen LogP contribution in [0.4, 0.5) is 0 Å². The van der Waals surface area contributed by atoms with E-state index in [9.17, 15) is 4.79 Å². The highest BCUT2D eigenvalue weighted by atomic mass is 16.4. The number of hydrogen-bond donors (Lipinski definition) is 2. The van der Waals surface area contributed by atoms with E-state index in [-0.39, 0.29) is 5.56 Å². The summed E-state index contributed by atoms with van der Waals surface area (Å²) in [6.07, 6.45) is 0. The van der Waals surface area contributed by atoms with Gasteiger partial charge in [-0.25, -0.2) is 4.79 Å². The van der Waals surface area contributed by atoms with E-state index >= 15 is 0 Å². The number of nitrogens with zero attached hydrogens (tertiary/aromatic N) is 1. The second kappa shape index (κ2) is 7.55. The highest BCUT2D eigenvalue weighted by Gasteiger charge is 2.01. The van der Waals surface area contributed by atoms with Crippen molar-refractivity contribution in [3.63, 3.8) is 0 Å². The molecule has 0 aromatic heterocycles. The van der Waals surface area contributed by atoms with Crippen LogP contribution < -0.4 is 5.43 Å². The normalized spacial score (nSPS) is 8.40. The molecule has 0 atom stereocenters. The van der Waals surface area contributed by atoms with Crippen molar-refractivity contribution in [2.24, 2.45) is 5.10 Å². The van der Waals surface area contributed by atoms with E-state index < -0.39 is 5.97 Å². The van der Waals surface area contributed by atoms with Gasteiger partial charge in [0.1, 0.15) is 0 Å². The molecule has 0 aliphatic carbocycles. The topological polar surface area (TPSA) is 61.7 Å². The van der Waals surface area contributed by atoms with Crippen LogP contribution in [0.15, 0.2) is 29.4 Å². The maximum absolute atomic E-state index is 10.6. The van der Waals surface area contributed by atoms with Gasteiger partial charge in [0, 0.05) is 6.72 Å². The number of benzene rings is 1. The molecule has 0 spiro atoms. The lowest BCUT2D eigenvalue weighted by molar-refractivity contribution is 0.0697. The summed E-state index contributed by atoms with van der Waals surface area (Å²) in [7, 11) is 0. The van der Waals surface area contributed by atoms with E-state index in [1.165, 1.54) is 0 Å². The van der Waals surface area contributed by atoms with Crippen molar-refractivity contribution in [2.75, 3.05) is 0 Å². The van der Waals surface area contributed by atoms with Crippen LogP contribution in [0.1, 0.15) is 29.8 Å². The van der Waals surface area contributed by atoms with Crippen LogP contribution in [0, 0.1) is 0 Å². The van der Waals surface area contributed by atoms with Crippen LogP contribution >= 0.6 is 0 Å². The molecular weight excluding hydrogens is 192 g/mol. The summed E-state index contributed by atoms with van der Waals surface area (Å²) in [4.78, 5) is 10.6. The molecule has 82 valence electrons. The van der Waals surface area contributed by atoms with Gasteiger partial charge < -0.3 is 10.5 Å². The van der Waals surface area contributed by atoms with Gasteiger partial charge in [-0.3, -0.25) is 0 Å². The Labute approximate surface area is 89.6 Å². The number of hydrazone groups is 1. The van der Waals surface area contributed by atoms with Gasteiger partial charge >= 0.3 is 5.97 Å². The maximum Gasteiger partial charge on any atom is 0.335 e. The van der Waals surface area contributed by atoms with Gasteiger partial charge in [0.2, 0.25) is 0 Å². The summed E-state index contributed by atoms with van der Waals surface area (Å²) in [5, 5.41) is 12.1. The van der Waals surface area contributed by atoms with Gasteiger partial charge in [0.15, 0.2) is 0 Å². The number of carbonyl (C=O) groups is 1. The zero-order valence-corrected chi connectivity index (χ0v) is 9.03. The average Bonchev–Trinajstić information content (AvgIpc) is 2.29. The van der Waals surface area contributed by atoms with Gasteiger partial charge in [0.05, 0.1) is 12.1 Å². The Morgan fingerprint density at radius 1 is 1.53 bits per heavy atom. The van der Waals surface area contributed by atoms with Crippen LogP contribution in [0.3, 0.4) is 0 Å². The van der Waals surface area contributed by atoms with Crippen molar-refractivity contribution < 1.29 is 9.90 Å². The quantitative estimate of drug-likeness (QED) is 0.588. The Hall–Kier alpha value is -1.84. The summed E-state index contributed by atoms with van der Waals surface area (Å²) in [5.74, 6) is -0.923. The molecular formula is C11H16N2O2. The molecule has 1 rings (SSSR count). The molecule has 0 aliphatic heterocycles. The number of aromatic carboxylic acids is 1. The van der Waals surface area contributed by atoms with E-state index in [1.807, 2.05) is 19.9 Å². The minimum atomic E-state index is -0.923. The Morgan fingerprint density at radius 3 is 2.73 bits per heavy atom. The van der Waals surface area contributed by atoms with Crippen LogP contribution in [0.25, 0.3) is 0 Å². The summed E-state index contributed by atoms with van der Waals surface area (Å²) in [6, 6.07) is 6.67. The first-order valence-corrected chi connectivity index (χ1v) is 4.75. The van der Waals surface area contributed by atoms with Crippen molar-refractivity contribution in [3.8, 4) is 0 Å². The van der Waals surface area contributed by atoms with E-state index in [0.29, 0.717) is 6.54 Å². The lowest BCUT2D eigenvalue weighted by Crippen LogP contribution is -2.05. The standard InChI is InChI=1S/C9H10N2O2.C2H6/c1-10-11-6-7-3-2-4-8(5-7)9(12)13;1-2/h2-5,11H,1,6H2,(H,12,13);1-2H3. The molecule has 0 heterocycles. The zero-order chi connectivity index (χ0) is 11.7. The molecule has 0 aliphatic rings. The zero-order valence-electron chi connectivity index (χ0n) is 9.03. The molecule has 0 fully saturated rings. The molecule has 0 radical (unpaired) electrons. The summed E-state index contributed by atoms with van der Waals surface area (Å²) in [5.41, 5.74) is 3.80. The first-order valence-electron chi connectivity index (χ1n) is 4.75. The predicted octanol–water partition coefficient (Wildman–Crippen LogP) is 2.12. The number of hydrogen-bond acceptors (Lipinski definition) is 3. The SMILES string of the molecule is C=NNCc1cccc(C(=O)O)c1.CC. The number of nitrogens with one attached hydrogen (secondary N) is 1. The van der Waals surface area contributed by atoms with Gasteiger partial charge in [-0.15, -0.1) is 0 Å². The summed E-state index contributed by atoms with van der Waals surface area (Å²) >= 11 is 0. The van der Waals surface area contributed by atoms with Gasteiger partial charge in [-0.1, -0.05) is 26.0 Å². The predicted molar refractivity (Wildman–Crippen MR) is 61.1 cm³/mol. The fourth-order valence-electron chi connectivity index (χ4n) is 0.962. The molecule has 0 saturated carbocycles. The molecule has 0 unspecified atom stereocenters. The smallest absolute Gasteiger partial charge is 0.335 e. The fraction of sp³-hybridized carbons (Fsp3) is 0.273. The van der Waals surface area contributed by atoms with E-state index in [0.717, 1.165) is 5.56 Å². The van der Waals surface area contributed by atoms with Crippen LogP contribution in [0.5, 0.6) is 0 Å². The summed E-state index contributed by atoms with van der Waals surface area (Å²) in [6.45, 7) is 7.75. The third-order valence-corrected chi connectivity index (χ3v) is 1.57. The highest BCUT2D eigenvalue weighted by molar-refractivity contribution is 5.87. The van der Waals surface area contributed by atoms with E-state index in [2.05, 4.69) is 17.2 Å². The monoisotopic (exact) mass is 208 g/mol. The molecule has 15 heavy (non-hydrogen) atoms. The largest absolute Gasteiger partial charge is 0.478 e. The highest BCUT2D eigenvalue weighted by Crippen LogP contribution is 2.04. The second-order valence-electron chi connectivity index (χ2n) is 2.50. The van der Waals surface area contributed by atoms with Gasteiger partial charge in [0.25, 0.3) is 0 Å². The van der Waals surface area contributed by atoms with Crippen molar-refractivity contribution >= 4 is 12.7 Å². The second-order valence-corrected chi connectivity index (χ2v) is 2.50. The average molecular weight is 208 g/mol. The maximum atomic E-state index is 10.6. The molecule has 1 aromatic carbocycles. The third-order valence-electron chi connectivity index (χ3n) is 1.57. The van der Waals surface area contributed by atoms with Crippen LogP contribution in [-0.4, -0.2) is 17.8 Å². The molecule has 1 aromatic rings. The van der Waals surface area contributed by atoms with Crippen molar-refractivity contribution in [1.29, 1.82) is 0 Å². The lowest BCUT2D eigenvalue weighted by atomic mass is 10.1. The van der Waals surface area contributed by atoms with Crippen molar-refractivity contribution in [1.82, 2.24) is 5.43 Å². The number of rotatable bonds is 4. The Balaban J connectivity index is 0.000000921. The van der Waals surface area contributed by atoms with Gasteiger partial charge in [-0.05, 0) is 17.7 Å². The van der Waals surface area contributed by atoms with Crippen molar-refractivity contribution in [2.45, 2.75) is 20.4 Å². The van der Waals surface area contributed by atoms with E-state index in [1.54, 1.807) is 18.2 Å². The molecule has 0 bridgehead atoms. The van der Waals surface area contributed by atoms with Crippen LogP contribution in [0.2, 0.25) is 0 Å². The fourth-order valence-corrected chi connectivity index (χ4v) is 0.962. The van der Waals surface area contributed by atoms with E-state index in [4.69, 9.17) is 5.11 Å². The molecule has 0 saturated heterocycles. The minimum absolute atomic E-state index is 0.281. The minimum Gasteiger partial charge on any atom is -0.478 e. The Morgan fingerprint density at radius 2 is 2.20 bits per heavy atom. The third kappa shape index (κ3) is 4.81. The number of carboxylic acid groups (broad SMARTS) is 1. The molecule has 0 amide bonds. The molecule has 2 N–H and O–H groups in total. The molecule has 4 heteroatoms. The first-order chi connectivity index (χ1) is 7.24. The first kappa shape index (κ1) is 13.2. The lowest BCUT2D eigenvalue weighted by Gasteiger charge is -2.01. The van der Waals surface area contributed by atoms with Crippen LogP contribution in [-0.2, 0) is 6.54 Å². The Bertz CT molecular complexity index is 324. The summed E-state index contributed by atoms with van der Waals surface area (Å²) < 4.78 is 0.